The van der Waals surface area contributed by atoms with Crippen molar-refractivity contribution in [2.45, 2.75) is 6.92 Å². The molecule has 0 saturated carbocycles. The van der Waals surface area contributed by atoms with Crippen LogP contribution in [0.25, 0.3) is 0 Å². The van der Waals surface area contributed by atoms with Crippen LogP contribution in [-0.2, 0) is 16.6 Å². The number of amides is 1. The monoisotopic (exact) mass is 315 g/mol. The second kappa shape index (κ2) is 7.35. The van der Waals surface area contributed by atoms with Gasteiger partial charge >= 0.3 is 5.97 Å². The number of ether oxygens (including phenoxy) is 1. The molecule has 1 amide bonds. The van der Waals surface area contributed by atoms with Gasteiger partial charge in [-0.2, -0.15) is 5.10 Å². The van der Waals surface area contributed by atoms with E-state index in [9.17, 15) is 14.4 Å². The van der Waals surface area contributed by atoms with E-state index < -0.39 is 12.6 Å². The molecule has 0 N–H and O–H groups in total. The molecule has 1 heterocycles. The summed E-state index contributed by atoms with van der Waals surface area (Å²) in [5.41, 5.74) is 0.373. The summed E-state index contributed by atoms with van der Waals surface area (Å²) < 4.78 is 6.01. The summed E-state index contributed by atoms with van der Waals surface area (Å²) in [5.74, 6) is -1.09. The molecule has 0 aliphatic heterocycles. The molecule has 1 aromatic heterocycles. The molecule has 2 aromatic rings. The van der Waals surface area contributed by atoms with Crippen molar-refractivity contribution in [3.63, 3.8) is 0 Å². The first kappa shape index (κ1) is 16.4. The number of nitrogens with zero attached hydrogens (tertiary/aromatic N) is 3. The molecular weight excluding hydrogens is 298 g/mol. The van der Waals surface area contributed by atoms with Crippen molar-refractivity contribution in [3.05, 3.63) is 58.5 Å². The largest absolute Gasteiger partial charge is 0.451 e. The third kappa shape index (κ3) is 4.03. The van der Waals surface area contributed by atoms with E-state index in [2.05, 4.69) is 5.10 Å². The fourth-order valence-corrected chi connectivity index (χ4v) is 2.00. The van der Waals surface area contributed by atoms with E-state index in [0.717, 1.165) is 10.4 Å². The van der Waals surface area contributed by atoms with Gasteiger partial charge < -0.3 is 9.64 Å². The summed E-state index contributed by atoms with van der Waals surface area (Å²) in [6, 6.07) is 11.6. The van der Waals surface area contributed by atoms with E-state index in [0.29, 0.717) is 6.54 Å². The first-order valence-electron chi connectivity index (χ1n) is 7.10. The fraction of sp³-hybridized carbons (Fsp3) is 0.250. The Labute approximate surface area is 133 Å². The van der Waals surface area contributed by atoms with Crippen LogP contribution in [0.1, 0.15) is 17.4 Å². The Morgan fingerprint density at radius 2 is 1.87 bits per heavy atom. The lowest BCUT2D eigenvalue weighted by Crippen LogP contribution is -2.34. The van der Waals surface area contributed by atoms with Gasteiger partial charge in [0, 0.05) is 25.3 Å². The number of hydrogen-bond donors (Lipinski definition) is 0. The molecule has 0 atom stereocenters. The van der Waals surface area contributed by atoms with E-state index >= 15 is 0 Å². The van der Waals surface area contributed by atoms with Crippen LogP contribution in [0.5, 0.6) is 0 Å². The molecule has 0 saturated heterocycles. The van der Waals surface area contributed by atoms with Gasteiger partial charge in [0.15, 0.2) is 12.3 Å². The van der Waals surface area contributed by atoms with Gasteiger partial charge in [-0.3, -0.25) is 9.59 Å². The Hall–Kier alpha value is -2.96. The smallest absolute Gasteiger partial charge is 0.359 e. The summed E-state index contributed by atoms with van der Waals surface area (Å²) in [7, 11) is 1.43. The molecule has 0 unspecified atom stereocenters. The minimum atomic E-state index is -0.752. The molecule has 0 radical (unpaired) electrons. The molecule has 23 heavy (non-hydrogen) atoms. The number of carbonyl (C=O) groups is 2. The van der Waals surface area contributed by atoms with Gasteiger partial charge in [-0.25, -0.2) is 9.48 Å². The number of hydrogen-bond acceptors (Lipinski definition) is 5. The van der Waals surface area contributed by atoms with Crippen molar-refractivity contribution in [1.82, 2.24) is 9.78 Å². The topological polar surface area (TPSA) is 81.5 Å². The number of likely N-dealkylation sites (N-methyl/N-ethyl adjacent to an activating group) is 1. The van der Waals surface area contributed by atoms with Crippen LogP contribution in [0.2, 0.25) is 0 Å². The molecule has 0 spiro atoms. The molecule has 0 fully saturated rings. The average molecular weight is 315 g/mol. The maximum atomic E-state index is 12.2. The van der Waals surface area contributed by atoms with E-state index in [-0.39, 0.29) is 17.2 Å². The van der Waals surface area contributed by atoms with Gasteiger partial charge in [0.2, 0.25) is 0 Å². The maximum Gasteiger partial charge on any atom is 0.359 e. The highest BCUT2D eigenvalue weighted by Gasteiger charge is 2.17. The number of rotatable bonds is 5. The summed E-state index contributed by atoms with van der Waals surface area (Å²) in [6.45, 7) is 1.89. The third-order valence-corrected chi connectivity index (χ3v) is 3.18. The molecule has 120 valence electrons. The van der Waals surface area contributed by atoms with Crippen LogP contribution < -0.4 is 10.5 Å². The number of aryl methyl sites for hydroxylation is 1. The van der Waals surface area contributed by atoms with Crippen LogP contribution in [0.4, 0.5) is 5.69 Å². The SMILES string of the molecule is CCN(C(=O)COC(=O)c1ccc(=O)n(C)n1)c1ccccc1. The Morgan fingerprint density at radius 1 is 1.17 bits per heavy atom. The van der Waals surface area contributed by atoms with Gasteiger partial charge in [0.05, 0.1) is 0 Å². The highest BCUT2D eigenvalue weighted by atomic mass is 16.5. The third-order valence-electron chi connectivity index (χ3n) is 3.18. The second-order valence-electron chi connectivity index (χ2n) is 4.73. The first-order chi connectivity index (χ1) is 11.0. The highest BCUT2D eigenvalue weighted by molar-refractivity contribution is 5.96. The standard InChI is InChI=1S/C16H17N3O4/c1-3-19(12-7-5-4-6-8-12)15(21)11-23-16(22)13-9-10-14(20)18(2)17-13/h4-10H,3,11H2,1-2H3. The number of esters is 1. The van der Waals surface area contributed by atoms with E-state index in [1.165, 1.54) is 24.1 Å². The lowest BCUT2D eigenvalue weighted by atomic mass is 10.3. The number of benzene rings is 1. The van der Waals surface area contributed by atoms with Crippen LogP contribution >= 0.6 is 0 Å². The molecule has 2 rings (SSSR count). The lowest BCUT2D eigenvalue weighted by molar-refractivity contribution is -0.121. The number of carbonyl (C=O) groups excluding carboxylic acids is 2. The quantitative estimate of drug-likeness (QED) is 0.769. The van der Waals surface area contributed by atoms with Crippen molar-refractivity contribution in [2.75, 3.05) is 18.1 Å². The van der Waals surface area contributed by atoms with E-state index in [4.69, 9.17) is 4.74 Å². The van der Waals surface area contributed by atoms with E-state index in [1.807, 2.05) is 25.1 Å². The molecule has 7 nitrogen and oxygen atoms in total. The summed E-state index contributed by atoms with van der Waals surface area (Å²) >= 11 is 0. The maximum absolute atomic E-state index is 12.2. The predicted molar refractivity (Wildman–Crippen MR) is 84.2 cm³/mol. The van der Waals surface area contributed by atoms with Crippen LogP contribution in [0.3, 0.4) is 0 Å². The Kier molecular flexibility index (Phi) is 5.24. The molecule has 0 bridgehead atoms. The lowest BCUT2D eigenvalue weighted by Gasteiger charge is -2.20. The normalized spacial score (nSPS) is 10.2. The average Bonchev–Trinajstić information content (AvgIpc) is 2.57. The van der Waals surface area contributed by atoms with Crippen molar-refractivity contribution in [2.24, 2.45) is 7.05 Å². The predicted octanol–water partition coefficient (Wildman–Crippen LogP) is 0.990. The minimum absolute atomic E-state index is 0.0253. The van der Waals surface area contributed by atoms with Gasteiger partial charge in [0.1, 0.15) is 0 Å². The van der Waals surface area contributed by atoms with Crippen molar-refractivity contribution < 1.29 is 14.3 Å². The van der Waals surface area contributed by atoms with Gasteiger partial charge in [-0.1, -0.05) is 18.2 Å². The number of anilines is 1. The summed E-state index contributed by atoms with van der Waals surface area (Å²) in [4.78, 5) is 36.8. The molecule has 1 aromatic carbocycles. The van der Waals surface area contributed by atoms with Crippen molar-refractivity contribution in [3.8, 4) is 0 Å². The Bertz CT molecular complexity index is 755. The molecule has 0 aliphatic rings. The number of para-hydroxylation sites is 1. The van der Waals surface area contributed by atoms with Crippen LogP contribution in [0.15, 0.2) is 47.3 Å². The number of aromatic nitrogens is 2. The zero-order valence-corrected chi connectivity index (χ0v) is 12.9. The Morgan fingerprint density at radius 3 is 2.48 bits per heavy atom. The van der Waals surface area contributed by atoms with Gasteiger partial charge in [-0.15, -0.1) is 0 Å². The fourth-order valence-electron chi connectivity index (χ4n) is 2.00. The van der Waals surface area contributed by atoms with Gasteiger partial charge in [0.25, 0.3) is 11.5 Å². The summed E-state index contributed by atoms with van der Waals surface area (Å²) in [6.07, 6.45) is 0. The van der Waals surface area contributed by atoms with Crippen LogP contribution in [0, 0.1) is 0 Å². The molecular formula is C16H17N3O4. The van der Waals surface area contributed by atoms with E-state index in [1.54, 1.807) is 12.1 Å². The van der Waals surface area contributed by atoms with Crippen molar-refractivity contribution >= 4 is 17.6 Å². The second-order valence-corrected chi connectivity index (χ2v) is 4.73. The van der Waals surface area contributed by atoms with Crippen LogP contribution in [-0.4, -0.2) is 34.8 Å². The molecule has 0 aliphatic carbocycles. The Balaban J connectivity index is 2.01. The summed E-state index contributed by atoms with van der Waals surface area (Å²) in [5, 5.41) is 3.78. The zero-order chi connectivity index (χ0) is 16.8. The minimum Gasteiger partial charge on any atom is -0.451 e. The highest BCUT2D eigenvalue weighted by Crippen LogP contribution is 2.13. The first-order valence-corrected chi connectivity index (χ1v) is 7.10. The van der Waals surface area contributed by atoms with Gasteiger partial charge in [-0.05, 0) is 25.1 Å². The molecule has 7 heteroatoms. The van der Waals surface area contributed by atoms with Crippen molar-refractivity contribution in [1.29, 1.82) is 0 Å². The zero-order valence-electron chi connectivity index (χ0n) is 12.9.